The maximum absolute atomic E-state index is 11.8. The zero-order valence-electron chi connectivity index (χ0n) is 13.0. The molecule has 0 aromatic heterocycles. The molecule has 0 radical (unpaired) electrons. The normalized spacial score (nSPS) is 13.3. The summed E-state index contributed by atoms with van der Waals surface area (Å²) in [4.78, 5) is 14.5. The number of rotatable bonds is 7. The number of carboxylic acid groups (broad SMARTS) is 1. The van der Waals surface area contributed by atoms with Gasteiger partial charge in [-0.25, -0.2) is 4.79 Å². The van der Waals surface area contributed by atoms with E-state index in [4.69, 9.17) is 5.53 Å². The molecule has 0 spiro atoms. The van der Waals surface area contributed by atoms with Crippen molar-refractivity contribution in [1.82, 2.24) is 5.32 Å². The van der Waals surface area contributed by atoms with Crippen LogP contribution in [0, 0.1) is 20.8 Å². The van der Waals surface area contributed by atoms with Gasteiger partial charge >= 0.3 is 5.97 Å². The second-order valence-corrected chi connectivity index (χ2v) is 5.44. The second kappa shape index (κ2) is 7.11. The van der Waals surface area contributed by atoms with E-state index in [0.29, 0.717) is 19.5 Å². The first kappa shape index (κ1) is 17.0. The van der Waals surface area contributed by atoms with E-state index in [2.05, 4.69) is 15.3 Å². The summed E-state index contributed by atoms with van der Waals surface area (Å²) in [6, 6.07) is 3.98. The average molecular weight is 290 g/mol. The SMILES string of the molecule is Cc1cc(C)c(C(C)(NCCCN=[N+]=[N-])C(=O)O)c(C)c1. The monoisotopic (exact) mass is 290 g/mol. The lowest BCUT2D eigenvalue weighted by atomic mass is 9.84. The van der Waals surface area contributed by atoms with Gasteiger partial charge in [-0.3, -0.25) is 5.32 Å². The van der Waals surface area contributed by atoms with Crippen molar-refractivity contribution in [2.24, 2.45) is 5.11 Å². The maximum atomic E-state index is 11.8. The number of azide groups is 1. The molecule has 1 unspecified atom stereocenters. The van der Waals surface area contributed by atoms with E-state index in [1.807, 2.05) is 32.9 Å². The summed E-state index contributed by atoms with van der Waals surface area (Å²) >= 11 is 0. The third kappa shape index (κ3) is 3.97. The van der Waals surface area contributed by atoms with Gasteiger partial charge in [-0.05, 0) is 62.9 Å². The maximum Gasteiger partial charge on any atom is 0.328 e. The number of hydrogen-bond donors (Lipinski definition) is 2. The summed E-state index contributed by atoms with van der Waals surface area (Å²) in [6.07, 6.45) is 0.594. The van der Waals surface area contributed by atoms with Gasteiger partial charge in [0.1, 0.15) is 5.54 Å². The standard InChI is InChI=1S/C15H22N4O2/c1-10-8-11(2)13(12(3)9-10)15(4,14(20)21)17-6-5-7-18-19-16/h8-9,17H,5-7H2,1-4H3,(H,20,21). The number of aliphatic carboxylic acids is 1. The zero-order chi connectivity index (χ0) is 16.0. The van der Waals surface area contributed by atoms with Crippen molar-refractivity contribution in [1.29, 1.82) is 0 Å². The van der Waals surface area contributed by atoms with Gasteiger partial charge in [-0.2, -0.15) is 0 Å². The van der Waals surface area contributed by atoms with Crippen molar-refractivity contribution in [2.45, 2.75) is 39.7 Å². The van der Waals surface area contributed by atoms with Gasteiger partial charge in [0, 0.05) is 11.5 Å². The molecule has 0 aliphatic heterocycles. The third-order valence-corrected chi connectivity index (χ3v) is 3.58. The molecule has 1 aromatic carbocycles. The van der Waals surface area contributed by atoms with Crippen LogP contribution in [0.25, 0.3) is 10.4 Å². The molecule has 6 nitrogen and oxygen atoms in total. The summed E-state index contributed by atoms with van der Waals surface area (Å²) in [5.74, 6) is -0.915. The van der Waals surface area contributed by atoms with Crippen LogP contribution in [0.15, 0.2) is 17.2 Å². The Bertz CT molecular complexity index is 556. The van der Waals surface area contributed by atoms with Gasteiger partial charge in [0.05, 0.1) is 0 Å². The number of hydrogen-bond acceptors (Lipinski definition) is 3. The first-order valence-corrected chi connectivity index (χ1v) is 6.90. The Morgan fingerprint density at radius 2 is 1.95 bits per heavy atom. The lowest BCUT2D eigenvalue weighted by Gasteiger charge is -2.30. The molecule has 2 N–H and O–H groups in total. The highest BCUT2D eigenvalue weighted by Crippen LogP contribution is 2.29. The molecule has 0 amide bonds. The van der Waals surface area contributed by atoms with Gasteiger partial charge in [-0.1, -0.05) is 22.8 Å². The summed E-state index contributed by atoms with van der Waals surface area (Å²) < 4.78 is 0. The molecular weight excluding hydrogens is 268 g/mol. The minimum Gasteiger partial charge on any atom is -0.480 e. The highest BCUT2D eigenvalue weighted by atomic mass is 16.4. The first-order chi connectivity index (χ1) is 9.82. The number of nitrogens with zero attached hydrogens (tertiary/aromatic N) is 3. The zero-order valence-corrected chi connectivity index (χ0v) is 13.0. The molecule has 1 aromatic rings. The lowest BCUT2D eigenvalue weighted by molar-refractivity contribution is -0.144. The molecule has 6 heteroatoms. The summed E-state index contributed by atoms with van der Waals surface area (Å²) in [5, 5.41) is 16.2. The van der Waals surface area contributed by atoms with Crippen LogP contribution in [-0.2, 0) is 10.3 Å². The smallest absolute Gasteiger partial charge is 0.328 e. The Kier molecular flexibility index (Phi) is 5.76. The van der Waals surface area contributed by atoms with Crippen molar-refractivity contribution >= 4 is 5.97 Å². The van der Waals surface area contributed by atoms with Crippen LogP contribution < -0.4 is 5.32 Å². The Morgan fingerprint density at radius 1 is 1.38 bits per heavy atom. The lowest BCUT2D eigenvalue weighted by Crippen LogP contribution is -2.48. The molecule has 1 rings (SSSR count). The van der Waals surface area contributed by atoms with Crippen molar-refractivity contribution in [3.8, 4) is 0 Å². The Balaban J connectivity index is 3.05. The van der Waals surface area contributed by atoms with Gasteiger partial charge < -0.3 is 5.11 Å². The van der Waals surface area contributed by atoms with Gasteiger partial charge in [-0.15, -0.1) is 0 Å². The molecule has 0 fully saturated rings. The van der Waals surface area contributed by atoms with Crippen molar-refractivity contribution in [2.75, 3.05) is 13.1 Å². The number of benzene rings is 1. The Hall–Kier alpha value is -2.04. The van der Waals surface area contributed by atoms with Crippen LogP contribution in [0.2, 0.25) is 0 Å². The van der Waals surface area contributed by atoms with Crippen LogP contribution in [0.5, 0.6) is 0 Å². The summed E-state index contributed by atoms with van der Waals surface area (Å²) in [5.41, 5.74) is 10.9. The molecular formula is C15H22N4O2. The van der Waals surface area contributed by atoms with Crippen LogP contribution in [0.1, 0.15) is 35.6 Å². The number of aryl methyl sites for hydroxylation is 3. The van der Waals surface area contributed by atoms with Crippen LogP contribution in [0.3, 0.4) is 0 Å². The predicted octanol–water partition coefficient (Wildman–Crippen LogP) is 3.20. The molecule has 0 saturated heterocycles. The fraction of sp³-hybridized carbons (Fsp3) is 0.533. The molecule has 21 heavy (non-hydrogen) atoms. The molecule has 0 heterocycles. The van der Waals surface area contributed by atoms with Gasteiger partial charge in [0.25, 0.3) is 0 Å². The summed E-state index contributed by atoms with van der Waals surface area (Å²) in [7, 11) is 0. The van der Waals surface area contributed by atoms with Crippen LogP contribution in [-0.4, -0.2) is 24.2 Å². The molecule has 0 bridgehead atoms. The van der Waals surface area contributed by atoms with Gasteiger partial charge in [0.2, 0.25) is 0 Å². The summed E-state index contributed by atoms with van der Waals surface area (Å²) in [6.45, 7) is 8.35. The minimum atomic E-state index is -1.15. The second-order valence-electron chi connectivity index (χ2n) is 5.44. The van der Waals surface area contributed by atoms with E-state index in [9.17, 15) is 9.90 Å². The largest absolute Gasteiger partial charge is 0.480 e. The van der Waals surface area contributed by atoms with Crippen molar-refractivity contribution in [3.05, 3.63) is 44.8 Å². The quantitative estimate of drug-likeness (QED) is 0.349. The van der Waals surface area contributed by atoms with Crippen LogP contribution >= 0.6 is 0 Å². The Morgan fingerprint density at radius 3 is 2.43 bits per heavy atom. The average Bonchev–Trinajstić information content (AvgIpc) is 2.36. The first-order valence-electron chi connectivity index (χ1n) is 6.90. The number of nitrogens with one attached hydrogen (secondary N) is 1. The van der Waals surface area contributed by atoms with Crippen molar-refractivity contribution in [3.63, 3.8) is 0 Å². The van der Waals surface area contributed by atoms with E-state index in [0.717, 1.165) is 22.3 Å². The fourth-order valence-electron chi connectivity index (χ4n) is 2.77. The van der Waals surface area contributed by atoms with E-state index in [-0.39, 0.29) is 0 Å². The van der Waals surface area contributed by atoms with E-state index in [1.54, 1.807) is 6.92 Å². The molecule has 0 aliphatic carbocycles. The van der Waals surface area contributed by atoms with Crippen molar-refractivity contribution < 1.29 is 9.90 Å². The van der Waals surface area contributed by atoms with E-state index < -0.39 is 11.5 Å². The van der Waals surface area contributed by atoms with Crippen LogP contribution in [0.4, 0.5) is 0 Å². The highest BCUT2D eigenvalue weighted by molar-refractivity contribution is 5.81. The molecule has 1 atom stereocenters. The number of carbonyl (C=O) groups is 1. The predicted molar refractivity (Wildman–Crippen MR) is 82.3 cm³/mol. The molecule has 114 valence electrons. The third-order valence-electron chi connectivity index (χ3n) is 3.58. The minimum absolute atomic E-state index is 0.352. The number of carboxylic acids is 1. The highest BCUT2D eigenvalue weighted by Gasteiger charge is 2.37. The molecule has 0 aliphatic rings. The van der Waals surface area contributed by atoms with E-state index in [1.165, 1.54) is 0 Å². The topological polar surface area (TPSA) is 98.1 Å². The fourth-order valence-corrected chi connectivity index (χ4v) is 2.77. The van der Waals surface area contributed by atoms with E-state index >= 15 is 0 Å². The van der Waals surface area contributed by atoms with Gasteiger partial charge in [0.15, 0.2) is 0 Å². The Labute approximate surface area is 124 Å². The molecule has 0 saturated carbocycles.